The van der Waals surface area contributed by atoms with Gasteiger partial charge < -0.3 is 18.9 Å². The summed E-state index contributed by atoms with van der Waals surface area (Å²) in [5.74, 6) is -0.241. The first-order chi connectivity index (χ1) is 19.6. The van der Waals surface area contributed by atoms with E-state index in [1.807, 2.05) is 20.8 Å². The number of rotatable bonds is 7. The fraction of sp³-hybridized carbons (Fsp3) is 0.467. The average Bonchev–Trinajstić information content (AvgIpc) is 3.44. The van der Waals surface area contributed by atoms with Crippen LogP contribution in [-0.4, -0.2) is 57.4 Å². The number of aromatic nitrogens is 2. The smallest absolute Gasteiger partial charge is 0.413 e. The van der Waals surface area contributed by atoms with E-state index in [2.05, 4.69) is 16.3 Å². The Bertz CT molecular complexity index is 1510. The van der Waals surface area contributed by atoms with Crippen LogP contribution in [0.25, 0.3) is 21.1 Å². The van der Waals surface area contributed by atoms with E-state index in [1.165, 1.54) is 28.4 Å². The summed E-state index contributed by atoms with van der Waals surface area (Å²) in [5, 5.41) is 19.1. The molecule has 2 aromatic carbocycles. The topological polar surface area (TPSA) is 107 Å². The molecule has 0 bridgehead atoms. The normalized spacial score (nSPS) is 18.2. The zero-order valence-corrected chi connectivity index (χ0v) is 26.4. The third kappa shape index (κ3) is 6.94. The Morgan fingerprint density at radius 3 is 2.55 bits per heavy atom. The summed E-state index contributed by atoms with van der Waals surface area (Å²) in [6, 6.07) is 9.41. The Labute approximate surface area is 254 Å². The van der Waals surface area contributed by atoms with Gasteiger partial charge in [-0.15, -0.1) is 10.2 Å². The zero-order valence-electron chi connectivity index (χ0n) is 24.8. The first-order valence-corrected chi connectivity index (χ1v) is 14.7. The van der Waals surface area contributed by atoms with Gasteiger partial charge in [0, 0.05) is 17.2 Å². The van der Waals surface area contributed by atoms with Crippen molar-refractivity contribution >= 4 is 29.0 Å². The Morgan fingerprint density at radius 1 is 1.21 bits per heavy atom. The van der Waals surface area contributed by atoms with E-state index in [9.17, 15) is 10.1 Å². The molecule has 0 N–H and O–H groups in total. The molecular formula is C30H34ClFN4O5S. The van der Waals surface area contributed by atoms with Crippen molar-refractivity contribution in [2.45, 2.75) is 85.0 Å². The minimum absolute atomic E-state index is 0.0445. The Kier molecular flexibility index (Phi) is 9.02. The number of benzene rings is 2. The number of carbonyl (C=O) groups is 1. The van der Waals surface area contributed by atoms with E-state index < -0.39 is 35.4 Å². The van der Waals surface area contributed by atoms with Crippen LogP contribution in [0.4, 0.5) is 9.18 Å². The van der Waals surface area contributed by atoms with Gasteiger partial charge in [-0.05, 0) is 79.7 Å². The largest absolute Gasteiger partial charge is 0.490 e. The van der Waals surface area contributed by atoms with Crippen LogP contribution in [-0.2, 0) is 9.47 Å². The molecule has 0 aliphatic carbocycles. The van der Waals surface area contributed by atoms with E-state index >= 15 is 4.39 Å². The predicted octanol–water partition coefficient (Wildman–Crippen LogP) is 7.46. The summed E-state index contributed by atoms with van der Waals surface area (Å²) < 4.78 is 38.4. The van der Waals surface area contributed by atoms with Gasteiger partial charge in [-0.3, -0.25) is 4.90 Å². The monoisotopic (exact) mass is 616 g/mol. The molecule has 2 unspecified atom stereocenters. The van der Waals surface area contributed by atoms with E-state index in [0.717, 1.165) is 0 Å². The highest BCUT2D eigenvalue weighted by atomic mass is 35.5. The highest BCUT2D eigenvalue weighted by molar-refractivity contribution is 7.18. The van der Waals surface area contributed by atoms with Gasteiger partial charge in [0.15, 0.2) is 11.6 Å². The summed E-state index contributed by atoms with van der Waals surface area (Å²) in [4.78, 5) is 14.5. The third-order valence-corrected chi connectivity index (χ3v) is 7.63. The second-order valence-electron chi connectivity index (χ2n) is 11.7. The highest BCUT2D eigenvalue weighted by Crippen LogP contribution is 2.39. The lowest BCUT2D eigenvalue weighted by Crippen LogP contribution is -2.52. The number of hydrogen-bond acceptors (Lipinski definition) is 9. The third-order valence-electron chi connectivity index (χ3n) is 6.31. The van der Waals surface area contributed by atoms with Crippen molar-refractivity contribution < 1.29 is 28.1 Å². The molecule has 0 spiro atoms. The summed E-state index contributed by atoms with van der Waals surface area (Å²) in [6.07, 6.45) is -1.02. The maximum absolute atomic E-state index is 15.3. The highest BCUT2D eigenvalue weighted by Gasteiger charge is 2.50. The van der Waals surface area contributed by atoms with Gasteiger partial charge in [0.1, 0.15) is 39.8 Å². The minimum atomic E-state index is -0.943. The Hall–Kier alpha value is -3.46. The number of nitrogens with zero attached hydrogens (tertiary/aromatic N) is 4. The molecule has 1 aliphatic heterocycles. The van der Waals surface area contributed by atoms with Crippen molar-refractivity contribution in [1.82, 2.24) is 15.1 Å². The van der Waals surface area contributed by atoms with Crippen LogP contribution >= 0.6 is 22.9 Å². The summed E-state index contributed by atoms with van der Waals surface area (Å²) in [6.45, 7) is 14.4. The maximum atomic E-state index is 15.3. The molecule has 1 amide bonds. The Balaban J connectivity index is 1.53. The molecule has 2 heterocycles. The molecule has 9 nitrogen and oxygen atoms in total. The van der Waals surface area contributed by atoms with Crippen molar-refractivity contribution in [2.75, 3.05) is 6.61 Å². The quantitative estimate of drug-likeness (QED) is 0.269. The van der Waals surface area contributed by atoms with Crippen LogP contribution in [0.5, 0.6) is 11.5 Å². The molecular weight excluding hydrogens is 583 g/mol. The van der Waals surface area contributed by atoms with Crippen LogP contribution in [0.1, 0.15) is 61.0 Å². The SMILES string of the molecule is CC(C)Oc1ccc(-c2nnc(-c3cc(F)c(OCC4C(C)OC(C)(C)N4C(=O)OC(C)(C)C)cc3Cl)s2)cc1C#N. The van der Waals surface area contributed by atoms with E-state index in [4.69, 9.17) is 30.5 Å². The minimum Gasteiger partial charge on any atom is -0.490 e. The van der Waals surface area contributed by atoms with Crippen LogP contribution < -0.4 is 9.47 Å². The second-order valence-corrected chi connectivity index (χ2v) is 13.0. The van der Waals surface area contributed by atoms with Gasteiger partial charge in [-0.2, -0.15) is 5.26 Å². The standard InChI is InChI=1S/C30H34ClFN4O5S/c1-16(2)39-24-10-9-18(11-19(24)14-33)26-34-35-27(42-26)20-12-22(32)25(13-21(20)31)38-15-23-17(3)40-30(7,8)36(23)28(37)41-29(4,5)6/h9-13,16-17,23H,15H2,1-8H3. The van der Waals surface area contributed by atoms with Crippen molar-refractivity contribution in [1.29, 1.82) is 5.26 Å². The number of ether oxygens (including phenoxy) is 4. The molecule has 12 heteroatoms. The molecule has 1 aliphatic rings. The van der Waals surface area contributed by atoms with E-state index in [0.29, 0.717) is 32.5 Å². The molecule has 4 rings (SSSR count). The predicted molar refractivity (Wildman–Crippen MR) is 158 cm³/mol. The summed E-state index contributed by atoms with van der Waals surface area (Å²) >= 11 is 7.76. The van der Waals surface area contributed by atoms with Crippen LogP contribution in [0.3, 0.4) is 0 Å². The lowest BCUT2D eigenvalue weighted by Gasteiger charge is -2.35. The van der Waals surface area contributed by atoms with E-state index in [1.54, 1.807) is 52.8 Å². The van der Waals surface area contributed by atoms with Gasteiger partial charge in [0.25, 0.3) is 0 Å². The van der Waals surface area contributed by atoms with Gasteiger partial charge in [-0.25, -0.2) is 9.18 Å². The molecule has 1 aromatic heterocycles. The van der Waals surface area contributed by atoms with Crippen LogP contribution in [0.15, 0.2) is 30.3 Å². The molecule has 0 saturated carbocycles. The molecule has 3 aromatic rings. The van der Waals surface area contributed by atoms with Gasteiger partial charge in [0.2, 0.25) is 0 Å². The van der Waals surface area contributed by atoms with Crippen LogP contribution in [0.2, 0.25) is 5.02 Å². The maximum Gasteiger partial charge on any atom is 0.413 e. The van der Waals surface area contributed by atoms with Gasteiger partial charge in [-0.1, -0.05) is 22.9 Å². The first kappa shape index (κ1) is 31.5. The zero-order chi connectivity index (χ0) is 31.0. The lowest BCUT2D eigenvalue weighted by molar-refractivity contribution is -0.0760. The average molecular weight is 617 g/mol. The van der Waals surface area contributed by atoms with Crippen molar-refractivity contribution in [2.24, 2.45) is 0 Å². The van der Waals surface area contributed by atoms with Crippen molar-refractivity contribution in [3.8, 4) is 38.7 Å². The number of nitriles is 1. The fourth-order valence-electron chi connectivity index (χ4n) is 4.61. The molecule has 42 heavy (non-hydrogen) atoms. The van der Waals surface area contributed by atoms with Crippen LogP contribution in [0, 0.1) is 17.1 Å². The number of halogens is 2. The first-order valence-electron chi connectivity index (χ1n) is 13.5. The summed E-state index contributed by atoms with van der Waals surface area (Å²) in [5.41, 5.74) is -0.248. The molecule has 0 radical (unpaired) electrons. The number of hydrogen-bond donors (Lipinski definition) is 0. The molecule has 2 atom stereocenters. The Morgan fingerprint density at radius 2 is 1.90 bits per heavy atom. The lowest BCUT2D eigenvalue weighted by atomic mass is 10.1. The fourth-order valence-corrected chi connectivity index (χ4v) is 5.78. The number of amides is 1. The summed E-state index contributed by atoms with van der Waals surface area (Å²) in [7, 11) is 0. The van der Waals surface area contributed by atoms with Crippen molar-refractivity contribution in [3.05, 3.63) is 46.7 Å². The van der Waals surface area contributed by atoms with Crippen molar-refractivity contribution in [3.63, 3.8) is 0 Å². The number of carbonyl (C=O) groups excluding carboxylic acids is 1. The van der Waals surface area contributed by atoms with E-state index in [-0.39, 0.29) is 23.5 Å². The second kappa shape index (κ2) is 12.0. The molecule has 224 valence electrons. The van der Waals surface area contributed by atoms with Gasteiger partial charge in [0.05, 0.1) is 28.8 Å². The molecule has 1 saturated heterocycles. The molecule has 1 fully saturated rings. The van der Waals surface area contributed by atoms with Gasteiger partial charge >= 0.3 is 6.09 Å².